The monoisotopic (exact) mass is 305 g/mol. The van der Waals surface area contributed by atoms with E-state index in [-0.39, 0.29) is 6.04 Å². The summed E-state index contributed by atoms with van der Waals surface area (Å²) < 4.78 is 1.08. The Hall–Kier alpha value is -1.48. The molecule has 0 spiro atoms. The molecule has 0 saturated heterocycles. The van der Waals surface area contributed by atoms with Gasteiger partial charge in [-0.25, -0.2) is 0 Å². The summed E-state index contributed by atoms with van der Waals surface area (Å²) in [7, 11) is 0. The number of benzene rings is 2. The molecule has 0 radical (unpaired) electrons. The molecule has 0 amide bonds. The highest BCUT2D eigenvalue weighted by molar-refractivity contribution is 9.10. The summed E-state index contributed by atoms with van der Waals surface area (Å²) in [5.41, 5.74) is 3.32. The molecular weight excluding hydrogens is 290 g/mol. The highest BCUT2D eigenvalue weighted by Gasteiger charge is 2.08. The average molecular weight is 306 g/mol. The fraction of sp³-hybridized carbons (Fsp3) is 0.200. The van der Waals surface area contributed by atoms with Crippen molar-refractivity contribution in [1.29, 1.82) is 0 Å². The van der Waals surface area contributed by atoms with Gasteiger partial charge in [0.25, 0.3) is 0 Å². The maximum Gasteiger partial charge on any atom is 0.115 e. The lowest BCUT2D eigenvalue weighted by atomic mass is 10.1. The molecule has 0 fully saturated rings. The van der Waals surface area contributed by atoms with E-state index in [0.717, 1.165) is 15.7 Å². The number of phenolic OH excluding ortho intramolecular Hbond substituents is 1. The van der Waals surface area contributed by atoms with Gasteiger partial charge in [0.2, 0.25) is 0 Å². The smallest absolute Gasteiger partial charge is 0.115 e. The number of aromatic hydroxyl groups is 1. The Kier molecular flexibility index (Phi) is 3.92. The molecule has 2 rings (SSSR count). The number of hydrogen-bond donors (Lipinski definition) is 2. The van der Waals surface area contributed by atoms with Gasteiger partial charge in [0.05, 0.1) is 0 Å². The number of halogens is 1. The summed E-state index contributed by atoms with van der Waals surface area (Å²) in [5, 5.41) is 12.9. The summed E-state index contributed by atoms with van der Waals surface area (Å²) in [6.07, 6.45) is 0. The summed E-state index contributed by atoms with van der Waals surface area (Å²) in [5.74, 6) is 0.296. The number of hydrogen-bond acceptors (Lipinski definition) is 2. The lowest BCUT2D eigenvalue weighted by Gasteiger charge is -2.17. The molecule has 1 unspecified atom stereocenters. The van der Waals surface area contributed by atoms with Crippen LogP contribution in [0.15, 0.2) is 46.9 Å². The van der Waals surface area contributed by atoms with Crippen molar-refractivity contribution in [3.63, 3.8) is 0 Å². The third kappa shape index (κ3) is 2.85. The van der Waals surface area contributed by atoms with Gasteiger partial charge < -0.3 is 10.4 Å². The first kappa shape index (κ1) is 13.0. The minimum absolute atomic E-state index is 0.134. The first-order chi connectivity index (χ1) is 8.58. The van der Waals surface area contributed by atoms with Crippen LogP contribution in [0.5, 0.6) is 5.75 Å². The van der Waals surface area contributed by atoms with E-state index in [1.54, 1.807) is 12.1 Å². The van der Waals surface area contributed by atoms with Crippen LogP contribution >= 0.6 is 15.9 Å². The third-order valence-electron chi connectivity index (χ3n) is 2.93. The zero-order valence-electron chi connectivity index (χ0n) is 10.4. The number of phenols is 1. The number of aryl methyl sites for hydroxylation is 1. The highest BCUT2D eigenvalue weighted by Crippen LogP contribution is 2.29. The van der Waals surface area contributed by atoms with Gasteiger partial charge in [-0.05, 0) is 59.1 Å². The van der Waals surface area contributed by atoms with E-state index in [9.17, 15) is 5.11 Å². The lowest BCUT2D eigenvalue weighted by molar-refractivity contribution is 0.474. The van der Waals surface area contributed by atoms with Crippen molar-refractivity contribution in [2.45, 2.75) is 19.9 Å². The molecule has 0 aliphatic heterocycles. The molecule has 3 heteroatoms. The second kappa shape index (κ2) is 5.44. The van der Waals surface area contributed by atoms with Crippen molar-refractivity contribution >= 4 is 21.6 Å². The quantitative estimate of drug-likeness (QED) is 0.866. The predicted molar refractivity (Wildman–Crippen MR) is 79.0 cm³/mol. The molecule has 0 bridgehead atoms. The van der Waals surface area contributed by atoms with E-state index in [0.29, 0.717) is 5.75 Å². The molecular formula is C15H16BrNO. The first-order valence-corrected chi connectivity index (χ1v) is 6.68. The van der Waals surface area contributed by atoms with Gasteiger partial charge in [-0.15, -0.1) is 0 Å². The van der Waals surface area contributed by atoms with Crippen LogP contribution in [0.25, 0.3) is 0 Å². The summed E-state index contributed by atoms with van der Waals surface area (Å²) in [4.78, 5) is 0. The molecule has 0 saturated carbocycles. The summed E-state index contributed by atoms with van der Waals surface area (Å²) >= 11 is 3.58. The Balaban J connectivity index is 2.21. The van der Waals surface area contributed by atoms with E-state index < -0.39 is 0 Å². The number of anilines is 1. The van der Waals surface area contributed by atoms with Crippen molar-refractivity contribution in [3.05, 3.63) is 58.1 Å². The fourth-order valence-corrected chi connectivity index (χ4v) is 2.25. The van der Waals surface area contributed by atoms with Gasteiger partial charge in [-0.2, -0.15) is 0 Å². The van der Waals surface area contributed by atoms with Gasteiger partial charge in [-0.3, -0.25) is 0 Å². The Morgan fingerprint density at radius 1 is 1.17 bits per heavy atom. The van der Waals surface area contributed by atoms with Crippen molar-refractivity contribution in [2.24, 2.45) is 0 Å². The van der Waals surface area contributed by atoms with Crippen LogP contribution in [0.4, 0.5) is 5.69 Å². The minimum Gasteiger partial charge on any atom is -0.508 e. The predicted octanol–water partition coefficient (Wildman–Crippen LogP) is 4.64. The molecule has 94 valence electrons. The number of nitrogens with one attached hydrogen (secondary N) is 1. The standard InChI is InChI=1S/C15H16BrNO/c1-10-5-3-8-14(15(10)16)17-11(2)12-6-4-7-13(18)9-12/h3-9,11,17-18H,1-2H3. The Morgan fingerprint density at radius 3 is 2.61 bits per heavy atom. The maximum absolute atomic E-state index is 9.49. The first-order valence-electron chi connectivity index (χ1n) is 5.88. The van der Waals surface area contributed by atoms with Gasteiger partial charge in [-0.1, -0.05) is 24.3 Å². The van der Waals surface area contributed by atoms with Gasteiger partial charge >= 0.3 is 0 Å². The molecule has 2 nitrogen and oxygen atoms in total. The van der Waals surface area contributed by atoms with Crippen molar-refractivity contribution < 1.29 is 5.11 Å². The van der Waals surface area contributed by atoms with Crippen LogP contribution in [0, 0.1) is 6.92 Å². The summed E-state index contributed by atoms with van der Waals surface area (Å²) in [6, 6.07) is 13.6. The normalized spacial score (nSPS) is 12.2. The molecule has 18 heavy (non-hydrogen) atoms. The zero-order chi connectivity index (χ0) is 13.1. The fourth-order valence-electron chi connectivity index (χ4n) is 1.87. The maximum atomic E-state index is 9.49. The van der Waals surface area contributed by atoms with Gasteiger partial charge in [0.15, 0.2) is 0 Å². The highest BCUT2D eigenvalue weighted by atomic mass is 79.9. The zero-order valence-corrected chi connectivity index (χ0v) is 12.0. The van der Waals surface area contributed by atoms with Crippen molar-refractivity contribution in [2.75, 3.05) is 5.32 Å². The van der Waals surface area contributed by atoms with Crippen molar-refractivity contribution in [1.82, 2.24) is 0 Å². The van der Waals surface area contributed by atoms with Crippen LogP contribution < -0.4 is 5.32 Å². The average Bonchev–Trinajstić information content (AvgIpc) is 2.35. The molecule has 0 heterocycles. The third-order valence-corrected chi connectivity index (χ3v) is 3.99. The molecule has 0 aromatic heterocycles. The minimum atomic E-state index is 0.134. The SMILES string of the molecule is Cc1cccc(NC(C)c2cccc(O)c2)c1Br. The van der Waals surface area contributed by atoms with Crippen molar-refractivity contribution in [3.8, 4) is 5.75 Å². The largest absolute Gasteiger partial charge is 0.508 e. The Labute approximate surface area is 116 Å². The Bertz CT molecular complexity index is 554. The van der Waals surface area contributed by atoms with Gasteiger partial charge in [0.1, 0.15) is 5.75 Å². The van der Waals surface area contributed by atoms with Crippen LogP contribution in [0.1, 0.15) is 24.1 Å². The number of rotatable bonds is 3. The van der Waals surface area contributed by atoms with Crippen LogP contribution in [0.2, 0.25) is 0 Å². The van der Waals surface area contributed by atoms with Crippen LogP contribution in [-0.2, 0) is 0 Å². The van der Waals surface area contributed by atoms with Gasteiger partial charge in [0, 0.05) is 16.2 Å². The molecule has 0 aliphatic carbocycles. The molecule has 2 aromatic carbocycles. The second-order valence-electron chi connectivity index (χ2n) is 4.40. The van der Waals surface area contributed by atoms with E-state index >= 15 is 0 Å². The van der Waals surface area contributed by atoms with E-state index in [1.165, 1.54) is 5.56 Å². The van der Waals surface area contributed by atoms with E-state index in [2.05, 4.69) is 41.2 Å². The molecule has 1 atom stereocenters. The summed E-state index contributed by atoms with van der Waals surface area (Å²) in [6.45, 7) is 4.14. The molecule has 2 N–H and O–H groups in total. The van der Waals surface area contributed by atoms with Crippen LogP contribution in [0.3, 0.4) is 0 Å². The topological polar surface area (TPSA) is 32.3 Å². The lowest BCUT2D eigenvalue weighted by Crippen LogP contribution is -2.07. The molecule has 2 aromatic rings. The Morgan fingerprint density at radius 2 is 1.89 bits per heavy atom. The van der Waals surface area contributed by atoms with E-state index in [1.807, 2.05) is 24.3 Å². The second-order valence-corrected chi connectivity index (χ2v) is 5.19. The van der Waals surface area contributed by atoms with Crippen LogP contribution in [-0.4, -0.2) is 5.11 Å². The van der Waals surface area contributed by atoms with E-state index in [4.69, 9.17) is 0 Å². The molecule has 0 aliphatic rings.